The molecule has 5 atom stereocenters. The van der Waals surface area contributed by atoms with Gasteiger partial charge in [-0.15, -0.1) is 23.2 Å². The third-order valence-electron chi connectivity index (χ3n) is 6.86. The van der Waals surface area contributed by atoms with E-state index in [2.05, 4.69) is 15.4 Å². The topological polar surface area (TPSA) is 123 Å². The highest BCUT2D eigenvalue weighted by Gasteiger charge is 2.60. The number of pyridine rings is 1. The molecule has 0 aromatic carbocycles. The second kappa shape index (κ2) is 7.06. The average molecular weight is 465 g/mol. The van der Waals surface area contributed by atoms with Crippen LogP contribution >= 0.6 is 23.2 Å². The number of carbonyl (C=O) groups is 3. The zero-order valence-electron chi connectivity index (χ0n) is 16.8. The molecule has 0 bridgehead atoms. The number of likely N-dealkylation sites (tertiary alicyclic amines) is 1. The summed E-state index contributed by atoms with van der Waals surface area (Å²) in [6.07, 6.45) is 4.62. The van der Waals surface area contributed by atoms with E-state index in [0.29, 0.717) is 29.8 Å². The number of halogens is 2. The van der Waals surface area contributed by atoms with E-state index in [1.54, 1.807) is 11.0 Å². The van der Waals surface area contributed by atoms with Crippen LogP contribution in [-0.4, -0.2) is 60.3 Å². The third kappa shape index (κ3) is 3.34. The van der Waals surface area contributed by atoms with Gasteiger partial charge in [-0.05, 0) is 30.7 Å². The van der Waals surface area contributed by atoms with Gasteiger partial charge >= 0.3 is 0 Å². The van der Waals surface area contributed by atoms with Crippen LogP contribution in [0, 0.1) is 17.8 Å². The van der Waals surface area contributed by atoms with Gasteiger partial charge in [0.1, 0.15) is 16.9 Å². The number of nitrogens with zero attached hydrogens (tertiary/aromatic N) is 4. The van der Waals surface area contributed by atoms with Crippen molar-refractivity contribution in [3.05, 3.63) is 24.2 Å². The Morgan fingerprint density at radius 1 is 1.32 bits per heavy atom. The van der Waals surface area contributed by atoms with Gasteiger partial charge < -0.3 is 16.0 Å². The van der Waals surface area contributed by atoms with E-state index in [9.17, 15) is 14.4 Å². The van der Waals surface area contributed by atoms with Crippen molar-refractivity contribution in [3.63, 3.8) is 0 Å². The normalized spacial score (nSPS) is 30.2. The minimum Gasteiger partial charge on any atom is -0.364 e. The first-order valence-corrected chi connectivity index (χ1v) is 11.0. The Kier molecular flexibility index (Phi) is 4.67. The van der Waals surface area contributed by atoms with E-state index in [0.717, 1.165) is 6.42 Å². The van der Waals surface area contributed by atoms with E-state index < -0.39 is 16.3 Å². The van der Waals surface area contributed by atoms with Crippen molar-refractivity contribution in [2.45, 2.75) is 42.7 Å². The van der Waals surface area contributed by atoms with Crippen molar-refractivity contribution >= 4 is 51.8 Å². The molecule has 2 aromatic rings. The summed E-state index contributed by atoms with van der Waals surface area (Å²) in [7, 11) is 0. The minimum atomic E-state index is -0.798. The Balaban J connectivity index is 1.31. The molecule has 0 unspecified atom stereocenters. The number of rotatable bonds is 6. The van der Waals surface area contributed by atoms with Gasteiger partial charge in [0.2, 0.25) is 11.8 Å². The Hall–Kier alpha value is -2.39. The third-order valence-corrected chi connectivity index (χ3v) is 8.11. The van der Waals surface area contributed by atoms with E-state index in [4.69, 9.17) is 28.9 Å². The summed E-state index contributed by atoms with van der Waals surface area (Å²) in [4.78, 5) is 43.5. The number of nitrogens with two attached hydrogens (primary N) is 1. The number of alkyl halides is 2. The molecule has 0 spiro atoms. The quantitative estimate of drug-likeness (QED) is 0.618. The molecule has 3 amide bonds. The summed E-state index contributed by atoms with van der Waals surface area (Å²) >= 11 is 12.3. The highest BCUT2D eigenvalue weighted by Crippen LogP contribution is 2.58. The van der Waals surface area contributed by atoms with Crippen molar-refractivity contribution in [2.75, 3.05) is 6.54 Å². The molecule has 3 heterocycles. The molecule has 3 N–H and O–H groups in total. The van der Waals surface area contributed by atoms with E-state index >= 15 is 0 Å². The lowest BCUT2D eigenvalue weighted by Gasteiger charge is -2.27. The van der Waals surface area contributed by atoms with Crippen molar-refractivity contribution < 1.29 is 14.4 Å². The SMILES string of the molecule is C[C@H]1[C@H](CNC(=O)[C@@H]2C[C@H]3C[C@H]3N2C(=O)Cn2nc(C(N)=O)c3ccncc32)C1(Cl)Cl. The Morgan fingerprint density at radius 3 is 2.74 bits per heavy atom. The van der Waals surface area contributed by atoms with Crippen LogP contribution in [0.25, 0.3) is 10.9 Å². The van der Waals surface area contributed by atoms with Crippen LogP contribution in [0.15, 0.2) is 18.5 Å². The maximum Gasteiger partial charge on any atom is 0.269 e. The molecule has 0 radical (unpaired) electrons. The molecule has 3 aliphatic rings. The van der Waals surface area contributed by atoms with Crippen molar-refractivity contribution in [3.8, 4) is 0 Å². The molecule has 11 heteroatoms. The van der Waals surface area contributed by atoms with Crippen LogP contribution in [-0.2, 0) is 16.1 Å². The number of hydrogen-bond donors (Lipinski definition) is 2. The molecule has 9 nitrogen and oxygen atoms in total. The number of primary amides is 1. The molecule has 2 saturated carbocycles. The molecular formula is C20H22Cl2N6O3. The van der Waals surface area contributed by atoms with E-state index in [1.165, 1.54) is 17.1 Å². The first-order valence-electron chi connectivity index (χ1n) is 10.3. The van der Waals surface area contributed by atoms with Crippen LogP contribution in [0.5, 0.6) is 0 Å². The minimum absolute atomic E-state index is 0.00929. The van der Waals surface area contributed by atoms with Gasteiger partial charge in [-0.1, -0.05) is 6.92 Å². The molecule has 1 saturated heterocycles. The molecule has 31 heavy (non-hydrogen) atoms. The predicted octanol–water partition coefficient (Wildman–Crippen LogP) is 1.08. The Labute approximate surface area is 188 Å². The molecule has 2 aliphatic carbocycles. The zero-order chi connectivity index (χ0) is 22.1. The van der Waals surface area contributed by atoms with Crippen LogP contribution in [0.4, 0.5) is 0 Å². The summed E-state index contributed by atoms with van der Waals surface area (Å²) in [5.74, 6) is -0.613. The lowest BCUT2D eigenvalue weighted by Crippen LogP contribution is -2.49. The van der Waals surface area contributed by atoms with Crippen LogP contribution in [0.3, 0.4) is 0 Å². The van der Waals surface area contributed by atoms with Gasteiger partial charge in [-0.25, -0.2) is 0 Å². The maximum absolute atomic E-state index is 13.2. The molecular weight excluding hydrogens is 443 g/mol. The Bertz CT molecular complexity index is 1100. The number of nitrogens with one attached hydrogen (secondary N) is 1. The van der Waals surface area contributed by atoms with E-state index in [1.807, 2.05) is 6.92 Å². The fourth-order valence-electron chi connectivity index (χ4n) is 4.78. The number of aromatic nitrogens is 3. The molecule has 2 aromatic heterocycles. The number of hydrogen-bond acceptors (Lipinski definition) is 5. The number of carbonyl (C=O) groups excluding carboxylic acids is 3. The van der Waals surface area contributed by atoms with Crippen LogP contribution in [0.2, 0.25) is 0 Å². The first-order chi connectivity index (χ1) is 14.7. The highest BCUT2D eigenvalue weighted by atomic mass is 35.5. The van der Waals surface area contributed by atoms with Gasteiger partial charge in [0.05, 0.1) is 11.7 Å². The molecule has 5 rings (SSSR count). The summed E-state index contributed by atoms with van der Waals surface area (Å²) in [6.45, 7) is 2.23. The summed E-state index contributed by atoms with van der Waals surface area (Å²) in [6, 6.07) is 1.18. The smallest absolute Gasteiger partial charge is 0.269 e. The number of piperidine rings is 1. The number of fused-ring (bicyclic) bond motifs is 2. The summed E-state index contributed by atoms with van der Waals surface area (Å²) < 4.78 is 0.630. The van der Waals surface area contributed by atoms with Gasteiger partial charge in [0.15, 0.2) is 5.69 Å². The zero-order valence-corrected chi connectivity index (χ0v) is 18.3. The monoisotopic (exact) mass is 464 g/mol. The lowest BCUT2D eigenvalue weighted by atomic mass is 10.1. The second-order valence-corrected chi connectivity index (χ2v) is 10.1. The lowest BCUT2D eigenvalue weighted by molar-refractivity contribution is -0.140. The predicted molar refractivity (Wildman–Crippen MR) is 113 cm³/mol. The van der Waals surface area contributed by atoms with Crippen LogP contribution in [0.1, 0.15) is 30.3 Å². The van der Waals surface area contributed by atoms with Gasteiger partial charge in [-0.2, -0.15) is 5.10 Å². The standard InChI is InChI=1S/C20H22Cl2N6O3/c1-9-12(20(9,21)22)6-25-19(31)14-5-10-4-13(10)28(14)16(29)8-27-15-7-24-3-2-11(15)17(26-27)18(23)30/h2-3,7,9-10,12-14H,4-6,8H2,1H3,(H2,23,30)(H,25,31)/t9-,10+,12-,13+,14-/m0/s1. The van der Waals surface area contributed by atoms with Crippen molar-refractivity contribution in [1.82, 2.24) is 25.0 Å². The summed E-state index contributed by atoms with van der Waals surface area (Å²) in [5.41, 5.74) is 6.06. The Morgan fingerprint density at radius 2 is 2.06 bits per heavy atom. The van der Waals surface area contributed by atoms with Crippen LogP contribution < -0.4 is 11.1 Å². The number of amides is 3. The maximum atomic E-state index is 13.2. The first kappa shape index (κ1) is 20.5. The average Bonchev–Trinajstić information content (AvgIpc) is 3.44. The van der Waals surface area contributed by atoms with Gasteiger partial charge in [0.25, 0.3) is 5.91 Å². The van der Waals surface area contributed by atoms with Gasteiger partial charge in [0, 0.05) is 30.1 Å². The fourth-order valence-corrected chi connectivity index (χ4v) is 5.49. The summed E-state index contributed by atoms with van der Waals surface area (Å²) in [5, 5.41) is 7.68. The second-order valence-electron chi connectivity index (χ2n) is 8.69. The highest BCUT2D eigenvalue weighted by molar-refractivity contribution is 6.51. The van der Waals surface area contributed by atoms with E-state index in [-0.39, 0.29) is 41.9 Å². The van der Waals surface area contributed by atoms with Gasteiger partial charge in [-0.3, -0.25) is 24.0 Å². The molecule has 1 aliphatic heterocycles. The fraction of sp³-hybridized carbons (Fsp3) is 0.550. The van der Waals surface area contributed by atoms with Crippen molar-refractivity contribution in [2.24, 2.45) is 23.5 Å². The van der Waals surface area contributed by atoms with Crippen molar-refractivity contribution in [1.29, 1.82) is 0 Å². The molecule has 3 fully saturated rings. The largest absolute Gasteiger partial charge is 0.364 e. The molecule has 164 valence electrons.